The molecule has 0 fully saturated rings. The normalized spacial score (nSPS) is 10.8. The van der Waals surface area contributed by atoms with Crippen LogP contribution in [-0.4, -0.2) is 16.0 Å². The number of thioether (sulfide) groups is 1. The van der Waals surface area contributed by atoms with Gasteiger partial charge in [-0.15, -0.1) is 10.2 Å². The molecule has 4 heteroatoms. The maximum Gasteiger partial charge on any atom is 0.276 e. The predicted molar refractivity (Wildman–Crippen MR) is 74.8 cm³/mol. The Labute approximate surface area is 112 Å². The molecule has 2 aromatic rings. The topological polar surface area (TPSA) is 38.9 Å². The summed E-state index contributed by atoms with van der Waals surface area (Å²) in [4.78, 5) is 0. The molecule has 0 aliphatic carbocycles. The van der Waals surface area contributed by atoms with Crippen LogP contribution in [0, 0.1) is 13.8 Å². The van der Waals surface area contributed by atoms with Crippen molar-refractivity contribution in [1.82, 2.24) is 10.2 Å². The molecule has 18 heavy (non-hydrogen) atoms. The van der Waals surface area contributed by atoms with E-state index in [4.69, 9.17) is 4.42 Å². The van der Waals surface area contributed by atoms with Gasteiger partial charge in [-0.25, -0.2) is 0 Å². The van der Waals surface area contributed by atoms with Gasteiger partial charge in [0.2, 0.25) is 5.89 Å². The van der Waals surface area contributed by atoms with Gasteiger partial charge >= 0.3 is 0 Å². The van der Waals surface area contributed by atoms with Crippen molar-refractivity contribution in [2.75, 3.05) is 5.75 Å². The molecule has 0 unspecified atom stereocenters. The van der Waals surface area contributed by atoms with Crippen LogP contribution in [0.5, 0.6) is 0 Å². The molecular formula is C14H18N2OS. The zero-order chi connectivity index (χ0) is 13.0. The fourth-order valence-electron chi connectivity index (χ4n) is 1.56. The lowest BCUT2D eigenvalue weighted by Crippen LogP contribution is -1.83. The van der Waals surface area contributed by atoms with E-state index in [0.29, 0.717) is 11.1 Å². The zero-order valence-electron chi connectivity index (χ0n) is 11.1. The molecule has 0 aliphatic rings. The molecule has 3 nitrogen and oxygen atoms in total. The number of benzene rings is 1. The van der Waals surface area contributed by atoms with Gasteiger partial charge in [0.1, 0.15) is 0 Å². The number of aryl methyl sites for hydroxylation is 2. The highest BCUT2D eigenvalue weighted by Gasteiger charge is 2.09. The van der Waals surface area contributed by atoms with Gasteiger partial charge in [0.15, 0.2) is 0 Å². The summed E-state index contributed by atoms with van der Waals surface area (Å²) in [6, 6.07) is 6.19. The molecule has 0 saturated heterocycles. The van der Waals surface area contributed by atoms with Crippen molar-refractivity contribution < 1.29 is 4.42 Å². The first-order chi connectivity index (χ1) is 8.70. The molecule has 2 rings (SSSR count). The van der Waals surface area contributed by atoms with Gasteiger partial charge < -0.3 is 4.42 Å². The third-order valence-corrected chi connectivity index (χ3v) is 3.79. The monoisotopic (exact) mass is 262 g/mol. The Morgan fingerprint density at radius 3 is 2.72 bits per heavy atom. The Morgan fingerprint density at radius 1 is 1.17 bits per heavy atom. The maximum atomic E-state index is 5.65. The van der Waals surface area contributed by atoms with Crippen LogP contribution in [0.2, 0.25) is 0 Å². The van der Waals surface area contributed by atoms with E-state index in [1.807, 2.05) is 6.07 Å². The highest BCUT2D eigenvalue weighted by atomic mass is 32.2. The van der Waals surface area contributed by atoms with Gasteiger partial charge in [0.05, 0.1) is 0 Å². The van der Waals surface area contributed by atoms with Gasteiger partial charge in [-0.3, -0.25) is 0 Å². The van der Waals surface area contributed by atoms with Gasteiger partial charge in [-0.1, -0.05) is 31.2 Å². The second-order valence-corrected chi connectivity index (χ2v) is 5.42. The van der Waals surface area contributed by atoms with E-state index >= 15 is 0 Å². The summed E-state index contributed by atoms with van der Waals surface area (Å²) >= 11 is 1.63. The fraction of sp³-hybridized carbons (Fsp3) is 0.429. The minimum Gasteiger partial charge on any atom is -0.411 e. The number of aromatic nitrogens is 2. The SMILES string of the molecule is CCCCSc1nnc(-c2ccc(C)c(C)c2)o1. The number of hydrogen-bond donors (Lipinski definition) is 0. The van der Waals surface area contributed by atoms with Crippen molar-refractivity contribution in [2.45, 2.75) is 38.8 Å². The van der Waals surface area contributed by atoms with Crippen LogP contribution in [-0.2, 0) is 0 Å². The van der Waals surface area contributed by atoms with Crippen LogP contribution >= 0.6 is 11.8 Å². The van der Waals surface area contributed by atoms with E-state index in [9.17, 15) is 0 Å². The van der Waals surface area contributed by atoms with Crippen molar-refractivity contribution in [3.05, 3.63) is 29.3 Å². The second kappa shape index (κ2) is 6.05. The lowest BCUT2D eigenvalue weighted by atomic mass is 10.1. The second-order valence-electron chi connectivity index (χ2n) is 4.37. The number of hydrogen-bond acceptors (Lipinski definition) is 4. The number of rotatable bonds is 5. The molecule has 0 aliphatic heterocycles. The van der Waals surface area contributed by atoms with Crippen molar-refractivity contribution >= 4 is 11.8 Å². The maximum absolute atomic E-state index is 5.65. The molecule has 96 valence electrons. The highest BCUT2D eigenvalue weighted by molar-refractivity contribution is 7.99. The first-order valence-electron chi connectivity index (χ1n) is 6.24. The first kappa shape index (κ1) is 13.1. The minimum atomic E-state index is 0.608. The molecule has 0 N–H and O–H groups in total. The first-order valence-corrected chi connectivity index (χ1v) is 7.23. The van der Waals surface area contributed by atoms with Crippen LogP contribution in [0.15, 0.2) is 27.8 Å². The third-order valence-electron chi connectivity index (χ3n) is 2.88. The largest absolute Gasteiger partial charge is 0.411 e. The fourth-order valence-corrected chi connectivity index (χ4v) is 2.41. The van der Waals surface area contributed by atoms with E-state index < -0.39 is 0 Å². The van der Waals surface area contributed by atoms with Crippen LogP contribution in [0.4, 0.5) is 0 Å². The predicted octanol–water partition coefficient (Wildman–Crippen LogP) is 4.25. The molecule has 1 aromatic carbocycles. The minimum absolute atomic E-state index is 0.608. The van der Waals surface area contributed by atoms with Gasteiger partial charge in [0, 0.05) is 11.3 Å². The van der Waals surface area contributed by atoms with E-state index in [1.54, 1.807) is 11.8 Å². The molecular weight excluding hydrogens is 244 g/mol. The molecule has 0 spiro atoms. The quantitative estimate of drug-likeness (QED) is 0.596. The lowest BCUT2D eigenvalue weighted by Gasteiger charge is -2.00. The summed E-state index contributed by atoms with van der Waals surface area (Å²) < 4.78 is 5.65. The standard InChI is InChI=1S/C14H18N2OS/c1-4-5-8-18-14-16-15-13(17-14)12-7-6-10(2)11(3)9-12/h6-7,9H,4-5,8H2,1-3H3. The van der Waals surface area contributed by atoms with Crippen LogP contribution in [0.1, 0.15) is 30.9 Å². The van der Waals surface area contributed by atoms with Crippen LogP contribution < -0.4 is 0 Å². The molecule has 0 bridgehead atoms. The van der Waals surface area contributed by atoms with E-state index in [-0.39, 0.29) is 0 Å². The summed E-state index contributed by atoms with van der Waals surface area (Å²) in [5, 5.41) is 8.82. The Bertz CT molecular complexity index is 522. The summed E-state index contributed by atoms with van der Waals surface area (Å²) in [7, 11) is 0. The summed E-state index contributed by atoms with van der Waals surface area (Å²) in [5.41, 5.74) is 3.51. The average molecular weight is 262 g/mol. The summed E-state index contributed by atoms with van der Waals surface area (Å²) in [6.07, 6.45) is 2.36. The molecule has 0 radical (unpaired) electrons. The van der Waals surface area contributed by atoms with Gasteiger partial charge in [0.25, 0.3) is 5.22 Å². The highest BCUT2D eigenvalue weighted by Crippen LogP contribution is 2.25. The molecule has 0 atom stereocenters. The number of nitrogens with zero attached hydrogens (tertiary/aromatic N) is 2. The smallest absolute Gasteiger partial charge is 0.276 e. The van der Waals surface area contributed by atoms with Crippen molar-refractivity contribution in [3.63, 3.8) is 0 Å². The molecule has 0 amide bonds. The zero-order valence-corrected chi connectivity index (χ0v) is 11.9. The van der Waals surface area contributed by atoms with Crippen LogP contribution in [0.25, 0.3) is 11.5 Å². The average Bonchev–Trinajstić information content (AvgIpc) is 2.82. The lowest BCUT2D eigenvalue weighted by molar-refractivity contribution is 0.465. The molecule has 1 heterocycles. The summed E-state index contributed by atoms with van der Waals surface area (Å²) in [6.45, 7) is 6.36. The van der Waals surface area contributed by atoms with Crippen molar-refractivity contribution in [2.24, 2.45) is 0 Å². The van der Waals surface area contributed by atoms with E-state index in [1.165, 1.54) is 24.0 Å². The van der Waals surface area contributed by atoms with Crippen LogP contribution in [0.3, 0.4) is 0 Å². The summed E-state index contributed by atoms with van der Waals surface area (Å²) in [5.74, 6) is 1.64. The molecule has 0 saturated carbocycles. The Balaban J connectivity index is 2.11. The third kappa shape index (κ3) is 3.13. The van der Waals surface area contributed by atoms with E-state index in [0.717, 1.165) is 11.3 Å². The molecule has 1 aromatic heterocycles. The van der Waals surface area contributed by atoms with Crippen molar-refractivity contribution in [1.29, 1.82) is 0 Å². The number of unbranched alkanes of at least 4 members (excludes halogenated alkanes) is 1. The Hall–Kier alpha value is -1.29. The van der Waals surface area contributed by atoms with Gasteiger partial charge in [-0.05, 0) is 43.5 Å². The van der Waals surface area contributed by atoms with Crippen molar-refractivity contribution in [3.8, 4) is 11.5 Å². The Kier molecular flexibility index (Phi) is 4.42. The Morgan fingerprint density at radius 2 is 2.00 bits per heavy atom. The van der Waals surface area contributed by atoms with Gasteiger partial charge in [-0.2, -0.15) is 0 Å². The van der Waals surface area contributed by atoms with E-state index in [2.05, 4.69) is 43.1 Å².